The van der Waals surface area contributed by atoms with Crippen LogP contribution in [0.4, 0.5) is 0 Å². The monoisotopic (exact) mass is 407 g/mol. The highest BCUT2D eigenvalue weighted by Crippen LogP contribution is 2.33. The van der Waals surface area contributed by atoms with E-state index in [2.05, 4.69) is 43.1 Å². The molecule has 0 spiro atoms. The second kappa shape index (κ2) is 7.92. The number of hydrazine groups is 1. The molecule has 1 aromatic carbocycles. The molecule has 1 atom stereocenters. The molecule has 1 fully saturated rings. The average molecular weight is 408 g/mol. The predicted molar refractivity (Wildman–Crippen MR) is 97.6 cm³/mol. The van der Waals surface area contributed by atoms with Gasteiger partial charge in [-0.1, -0.05) is 18.2 Å². The summed E-state index contributed by atoms with van der Waals surface area (Å²) in [6, 6.07) is 11.5. The lowest BCUT2D eigenvalue weighted by Crippen LogP contribution is -2.46. The summed E-state index contributed by atoms with van der Waals surface area (Å²) in [7, 11) is 0. The Morgan fingerprint density at radius 2 is 2.04 bits per heavy atom. The van der Waals surface area contributed by atoms with Gasteiger partial charge in [-0.2, -0.15) is 0 Å². The molecule has 1 aliphatic heterocycles. The lowest BCUT2D eigenvalue weighted by atomic mass is 10.2. The Bertz CT molecular complexity index is 720. The number of carbonyl (C=O) groups is 2. The van der Waals surface area contributed by atoms with E-state index in [0.29, 0.717) is 16.1 Å². The van der Waals surface area contributed by atoms with Crippen LogP contribution in [-0.2, 0) is 4.79 Å². The zero-order valence-corrected chi connectivity index (χ0v) is 15.4. The van der Waals surface area contributed by atoms with Crippen molar-refractivity contribution >= 4 is 39.1 Å². The topological polar surface area (TPSA) is 61.4 Å². The Balaban J connectivity index is 1.52. The molecule has 0 bridgehead atoms. The molecule has 7 heteroatoms. The van der Waals surface area contributed by atoms with Crippen LogP contribution in [0.5, 0.6) is 0 Å². The predicted octanol–water partition coefficient (Wildman–Crippen LogP) is 3.11. The third-order valence-electron chi connectivity index (χ3n) is 4.02. The van der Waals surface area contributed by atoms with E-state index in [1.165, 1.54) is 4.88 Å². The second-order valence-electron chi connectivity index (χ2n) is 5.63. The maximum Gasteiger partial charge on any atom is 0.270 e. The van der Waals surface area contributed by atoms with Crippen LogP contribution in [0, 0.1) is 0 Å². The van der Waals surface area contributed by atoms with Crippen LogP contribution in [0.2, 0.25) is 0 Å². The fraction of sp³-hybridized carbons (Fsp3) is 0.294. The molecular weight excluding hydrogens is 390 g/mol. The van der Waals surface area contributed by atoms with Gasteiger partial charge < -0.3 is 0 Å². The van der Waals surface area contributed by atoms with Gasteiger partial charge in [-0.15, -0.1) is 11.3 Å². The van der Waals surface area contributed by atoms with Crippen molar-refractivity contribution in [3.05, 3.63) is 56.7 Å². The molecule has 0 saturated carbocycles. The van der Waals surface area contributed by atoms with Crippen molar-refractivity contribution in [2.75, 3.05) is 13.1 Å². The zero-order valence-electron chi connectivity index (χ0n) is 13.0. The molecule has 2 amide bonds. The van der Waals surface area contributed by atoms with E-state index in [-0.39, 0.29) is 18.4 Å². The van der Waals surface area contributed by atoms with Crippen LogP contribution in [0.3, 0.4) is 0 Å². The number of rotatable bonds is 4. The molecule has 5 nitrogen and oxygen atoms in total. The van der Waals surface area contributed by atoms with Gasteiger partial charge in [-0.3, -0.25) is 25.3 Å². The average Bonchev–Trinajstić information content (AvgIpc) is 3.24. The molecule has 24 heavy (non-hydrogen) atoms. The summed E-state index contributed by atoms with van der Waals surface area (Å²) in [5.74, 6) is -0.550. The SMILES string of the molecule is O=C(CN1CCC[C@@H]1c1cccs1)NNC(=O)c1ccccc1Br. The van der Waals surface area contributed by atoms with Crippen LogP contribution in [0.25, 0.3) is 0 Å². The van der Waals surface area contributed by atoms with E-state index in [9.17, 15) is 9.59 Å². The summed E-state index contributed by atoms with van der Waals surface area (Å²) in [5.41, 5.74) is 5.46. The number of amides is 2. The normalized spacial score (nSPS) is 17.6. The van der Waals surface area contributed by atoms with E-state index in [0.717, 1.165) is 19.4 Å². The summed E-state index contributed by atoms with van der Waals surface area (Å²) in [6.45, 7) is 1.17. The number of nitrogens with zero attached hydrogens (tertiary/aromatic N) is 1. The van der Waals surface area contributed by atoms with Crippen LogP contribution in [-0.4, -0.2) is 29.8 Å². The molecule has 2 aromatic rings. The van der Waals surface area contributed by atoms with Gasteiger partial charge in [0, 0.05) is 15.4 Å². The number of hydrogen-bond acceptors (Lipinski definition) is 4. The minimum atomic E-state index is -0.341. The second-order valence-corrected chi connectivity index (χ2v) is 7.46. The van der Waals surface area contributed by atoms with Gasteiger partial charge in [-0.25, -0.2) is 0 Å². The van der Waals surface area contributed by atoms with E-state index < -0.39 is 0 Å². The van der Waals surface area contributed by atoms with Crippen molar-refractivity contribution in [2.24, 2.45) is 0 Å². The lowest BCUT2D eigenvalue weighted by Gasteiger charge is -2.22. The first kappa shape index (κ1) is 17.1. The van der Waals surface area contributed by atoms with Crippen molar-refractivity contribution < 1.29 is 9.59 Å². The summed E-state index contributed by atoms with van der Waals surface area (Å²) in [4.78, 5) is 27.7. The van der Waals surface area contributed by atoms with E-state index >= 15 is 0 Å². The van der Waals surface area contributed by atoms with Crippen molar-refractivity contribution in [3.63, 3.8) is 0 Å². The standard InChI is InChI=1S/C17H18BrN3O2S/c18-13-6-2-1-5-12(13)17(23)20-19-16(22)11-21-9-3-7-14(21)15-8-4-10-24-15/h1-2,4-6,8,10,14H,3,7,9,11H2,(H,19,22)(H,20,23)/t14-/m1/s1. The van der Waals surface area contributed by atoms with Crippen molar-refractivity contribution in [2.45, 2.75) is 18.9 Å². The Kier molecular flexibility index (Phi) is 5.65. The van der Waals surface area contributed by atoms with Gasteiger partial charge in [0.1, 0.15) is 0 Å². The van der Waals surface area contributed by atoms with Crippen molar-refractivity contribution in [1.29, 1.82) is 0 Å². The zero-order chi connectivity index (χ0) is 16.9. The molecule has 0 aliphatic carbocycles. The molecule has 126 valence electrons. The van der Waals surface area contributed by atoms with Gasteiger partial charge in [0.2, 0.25) is 0 Å². The van der Waals surface area contributed by atoms with E-state index in [1.807, 2.05) is 12.1 Å². The van der Waals surface area contributed by atoms with Crippen molar-refractivity contribution in [1.82, 2.24) is 15.8 Å². The molecule has 0 unspecified atom stereocenters. The van der Waals surface area contributed by atoms with Crippen LogP contribution in [0.15, 0.2) is 46.3 Å². The first-order chi connectivity index (χ1) is 11.6. The third-order valence-corrected chi connectivity index (χ3v) is 5.68. The summed E-state index contributed by atoms with van der Waals surface area (Å²) in [6.07, 6.45) is 2.15. The highest BCUT2D eigenvalue weighted by molar-refractivity contribution is 9.10. The summed E-state index contributed by atoms with van der Waals surface area (Å²) >= 11 is 5.04. The van der Waals surface area contributed by atoms with Crippen LogP contribution >= 0.6 is 27.3 Å². The molecule has 1 saturated heterocycles. The van der Waals surface area contributed by atoms with Gasteiger partial charge in [-0.05, 0) is 58.9 Å². The van der Waals surface area contributed by atoms with E-state index in [4.69, 9.17) is 0 Å². The molecule has 3 rings (SSSR count). The fourth-order valence-electron chi connectivity index (χ4n) is 2.88. The Morgan fingerprint density at radius 1 is 1.21 bits per heavy atom. The number of hydrogen-bond donors (Lipinski definition) is 2. The number of carbonyl (C=O) groups excluding carboxylic acids is 2. The molecule has 1 aliphatic rings. The quantitative estimate of drug-likeness (QED) is 0.765. The minimum Gasteiger partial charge on any atom is -0.287 e. The first-order valence-electron chi connectivity index (χ1n) is 7.76. The Hall–Kier alpha value is -1.70. The first-order valence-corrected chi connectivity index (χ1v) is 9.43. The molecule has 2 heterocycles. The highest BCUT2D eigenvalue weighted by Gasteiger charge is 2.28. The van der Waals surface area contributed by atoms with E-state index in [1.54, 1.807) is 29.5 Å². The third kappa shape index (κ3) is 4.03. The fourth-order valence-corrected chi connectivity index (χ4v) is 4.24. The van der Waals surface area contributed by atoms with Crippen LogP contribution in [0.1, 0.15) is 34.1 Å². The number of thiophene rings is 1. The van der Waals surface area contributed by atoms with Gasteiger partial charge in [0.05, 0.1) is 12.1 Å². The number of halogens is 1. The Labute approximate surface area is 153 Å². The number of benzene rings is 1. The van der Waals surface area contributed by atoms with Crippen LogP contribution < -0.4 is 10.9 Å². The largest absolute Gasteiger partial charge is 0.287 e. The smallest absolute Gasteiger partial charge is 0.270 e. The molecular formula is C17H18BrN3O2S. The van der Waals surface area contributed by atoms with Gasteiger partial charge >= 0.3 is 0 Å². The molecule has 2 N–H and O–H groups in total. The maximum atomic E-state index is 12.2. The van der Waals surface area contributed by atoms with Crippen molar-refractivity contribution in [3.8, 4) is 0 Å². The number of likely N-dealkylation sites (tertiary alicyclic amines) is 1. The van der Waals surface area contributed by atoms with Gasteiger partial charge in [0.15, 0.2) is 0 Å². The Morgan fingerprint density at radius 3 is 2.79 bits per heavy atom. The summed E-state index contributed by atoms with van der Waals surface area (Å²) < 4.78 is 0.689. The highest BCUT2D eigenvalue weighted by atomic mass is 79.9. The maximum absolute atomic E-state index is 12.2. The van der Waals surface area contributed by atoms with Gasteiger partial charge in [0.25, 0.3) is 11.8 Å². The summed E-state index contributed by atoms with van der Waals surface area (Å²) in [5, 5.41) is 2.06. The lowest BCUT2D eigenvalue weighted by molar-refractivity contribution is -0.123. The number of nitrogens with one attached hydrogen (secondary N) is 2. The minimum absolute atomic E-state index is 0.209. The molecule has 1 aromatic heterocycles. The molecule has 0 radical (unpaired) electrons.